The molecular formula is C15H23N5O. The summed E-state index contributed by atoms with van der Waals surface area (Å²) in [5.41, 5.74) is 5.44. The zero-order chi connectivity index (χ0) is 14.7. The van der Waals surface area contributed by atoms with E-state index in [4.69, 9.17) is 5.73 Å². The van der Waals surface area contributed by atoms with Crippen molar-refractivity contribution in [2.24, 2.45) is 5.73 Å². The van der Waals surface area contributed by atoms with E-state index < -0.39 is 5.91 Å². The van der Waals surface area contributed by atoms with Gasteiger partial charge in [-0.15, -0.1) is 0 Å². The van der Waals surface area contributed by atoms with Crippen molar-refractivity contribution in [3.63, 3.8) is 0 Å². The van der Waals surface area contributed by atoms with Crippen LogP contribution in [0.25, 0.3) is 0 Å². The first-order valence-electron chi connectivity index (χ1n) is 7.85. The Kier molecular flexibility index (Phi) is 4.34. The van der Waals surface area contributed by atoms with E-state index >= 15 is 0 Å². The number of piperidine rings is 1. The van der Waals surface area contributed by atoms with Crippen molar-refractivity contribution >= 4 is 11.7 Å². The molecule has 0 spiro atoms. The van der Waals surface area contributed by atoms with Gasteiger partial charge >= 0.3 is 0 Å². The number of carbonyl (C=O) groups is 1. The Bertz CT molecular complexity index is 493. The topological polar surface area (TPSA) is 84.1 Å². The van der Waals surface area contributed by atoms with Gasteiger partial charge in [-0.05, 0) is 25.7 Å². The smallest absolute Gasteiger partial charge is 0.268 e. The summed E-state index contributed by atoms with van der Waals surface area (Å²) in [6.45, 7) is 2.29. The fourth-order valence-corrected chi connectivity index (χ4v) is 3.44. The standard InChI is InChI=1S/C15H23N5O/c16-15(21)13-9-17-10-14(19-13)18-11-5-7-20(8-6-11)12-3-1-2-4-12/h9-12H,1-8H2,(H2,16,21)(H,18,19). The molecule has 1 saturated heterocycles. The molecule has 114 valence electrons. The third-order valence-corrected chi connectivity index (χ3v) is 4.61. The molecule has 2 aliphatic rings. The number of nitrogens with one attached hydrogen (secondary N) is 1. The number of primary amides is 1. The van der Waals surface area contributed by atoms with Crippen LogP contribution < -0.4 is 11.1 Å². The van der Waals surface area contributed by atoms with Crippen LogP contribution in [0, 0.1) is 0 Å². The monoisotopic (exact) mass is 289 g/mol. The highest BCUT2D eigenvalue weighted by Crippen LogP contribution is 2.26. The molecule has 0 atom stereocenters. The Hall–Kier alpha value is -1.69. The third kappa shape index (κ3) is 3.50. The summed E-state index contributed by atoms with van der Waals surface area (Å²) >= 11 is 0. The van der Waals surface area contributed by atoms with Crippen LogP contribution in [0.4, 0.5) is 5.82 Å². The highest BCUT2D eigenvalue weighted by Gasteiger charge is 2.27. The highest BCUT2D eigenvalue weighted by molar-refractivity contribution is 5.90. The second kappa shape index (κ2) is 6.39. The first-order chi connectivity index (χ1) is 10.2. The van der Waals surface area contributed by atoms with Gasteiger partial charge in [0.1, 0.15) is 11.5 Å². The lowest BCUT2D eigenvalue weighted by atomic mass is 10.0. The molecule has 6 heteroatoms. The van der Waals surface area contributed by atoms with Crippen molar-refractivity contribution < 1.29 is 4.79 Å². The molecule has 1 saturated carbocycles. The van der Waals surface area contributed by atoms with E-state index in [1.54, 1.807) is 6.20 Å². The van der Waals surface area contributed by atoms with Crippen molar-refractivity contribution in [1.29, 1.82) is 0 Å². The Morgan fingerprint density at radius 2 is 1.90 bits per heavy atom. The quantitative estimate of drug-likeness (QED) is 0.875. The number of likely N-dealkylation sites (tertiary alicyclic amines) is 1. The van der Waals surface area contributed by atoms with Crippen molar-refractivity contribution in [2.45, 2.75) is 50.6 Å². The van der Waals surface area contributed by atoms with E-state index in [0.717, 1.165) is 32.0 Å². The number of rotatable bonds is 4. The number of carbonyl (C=O) groups excluding carboxylic acids is 1. The zero-order valence-electron chi connectivity index (χ0n) is 12.3. The second-order valence-corrected chi connectivity index (χ2v) is 6.05. The molecule has 3 N–H and O–H groups in total. The van der Waals surface area contributed by atoms with Crippen LogP contribution in [-0.4, -0.2) is 45.9 Å². The average molecular weight is 289 g/mol. The lowest BCUT2D eigenvalue weighted by Gasteiger charge is -2.36. The van der Waals surface area contributed by atoms with Gasteiger partial charge in [-0.25, -0.2) is 4.98 Å². The summed E-state index contributed by atoms with van der Waals surface area (Å²) in [7, 11) is 0. The zero-order valence-corrected chi connectivity index (χ0v) is 12.3. The minimum Gasteiger partial charge on any atom is -0.366 e. The molecule has 21 heavy (non-hydrogen) atoms. The Labute approximate surface area is 125 Å². The summed E-state index contributed by atoms with van der Waals surface area (Å²) in [6, 6.07) is 1.21. The van der Waals surface area contributed by atoms with Crippen molar-refractivity contribution in [1.82, 2.24) is 14.9 Å². The first-order valence-corrected chi connectivity index (χ1v) is 7.85. The summed E-state index contributed by atoms with van der Waals surface area (Å²) in [5, 5.41) is 3.38. The number of nitrogens with two attached hydrogens (primary N) is 1. The third-order valence-electron chi connectivity index (χ3n) is 4.61. The SMILES string of the molecule is NC(=O)c1cncc(NC2CCN(C3CCCC3)CC2)n1. The van der Waals surface area contributed by atoms with Crippen molar-refractivity contribution in [3.8, 4) is 0 Å². The summed E-state index contributed by atoms with van der Waals surface area (Å²) in [6.07, 6.45) is 10.8. The predicted octanol–water partition coefficient (Wildman–Crippen LogP) is 1.39. The van der Waals surface area contributed by atoms with E-state index in [1.165, 1.54) is 31.9 Å². The number of nitrogens with zero attached hydrogens (tertiary/aromatic N) is 3. The maximum Gasteiger partial charge on any atom is 0.268 e. The Morgan fingerprint density at radius 3 is 2.57 bits per heavy atom. The summed E-state index contributed by atoms with van der Waals surface area (Å²) in [4.78, 5) is 22.0. The molecule has 0 radical (unpaired) electrons. The molecule has 0 bridgehead atoms. The van der Waals surface area contributed by atoms with Gasteiger partial charge in [0, 0.05) is 25.2 Å². The number of hydrogen-bond acceptors (Lipinski definition) is 5. The van der Waals surface area contributed by atoms with Crippen LogP contribution in [0.1, 0.15) is 49.0 Å². The number of anilines is 1. The van der Waals surface area contributed by atoms with Crippen LogP contribution in [0.15, 0.2) is 12.4 Å². The highest BCUT2D eigenvalue weighted by atomic mass is 16.1. The van der Waals surface area contributed by atoms with Crippen LogP contribution >= 0.6 is 0 Å². The van der Waals surface area contributed by atoms with Gasteiger partial charge in [-0.3, -0.25) is 9.78 Å². The van der Waals surface area contributed by atoms with Gasteiger partial charge in [0.15, 0.2) is 0 Å². The molecule has 6 nitrogen and oxygen atoms in total. The van der Waals surface area contributed by atoms with Crippen LogP contribution in [-0.2, 0) is 0 Å². The van der Waals surface area contributed by atoms with Gasteiger partial charge < -0.3 is 16.0 Å². The van der Waals surface area contributed by atoms with Crippen molar-refractivity contribution in [3.05, 3.63) is 18.1 Å². The molecule has 1 aromatic heterocycles. The maximum absolute atomic E-state index is 11.1. The molecular weight excluding hydrogens is 266 g/mol. The Balaban J connectivity index is 1.53. The summed E-state index contributed by atoms with van der Waals surface area (Å²) < 4.78 is 0. The number of hydrogen-bond donors (Lipinski definition) is 2. The fraction of sp³-hybridized carbons (Fsp3) is 0.667. The average Bonchev–Trinajstić information content (AvgIpc) is 3.02. The van der Waals surface area contributed by atoms with E-state index in [1.807, 2.05) is 0 Å². The van der Waals surface area contributed by atoms with Gasteiger partial charge in [0.2, 0.25) is 0 Å². The van der Waals surface area contributed by atoms with Crippen LogP contribution in [0.2, 0.25) is 0 Å². The van der Waals surface area contributed by atoms with Crippen LogP contribution in [0.3, 0.4) is 0 Å². The molecule has 1 aromatic rings. The lowest BCUT2D eigenvalue weighted by molar-refractivity contribution is 0.0995. The van der Waals surface area contributed by atoms with E-state index in [2.05, 4.69) is 20.2 Å². The predicted molar refractivity (Wildman–Crippen MR) is 81.0 cm³/mol. The molecule has 3 rings (SSSR count). The van der Waals surface area contributed by atoms with Gasteiger partial charge in [0.05, 0.1) is 12.4 Å². The summed E-state index contributed by atoms with van der Waals surface area (Å²) in [5.74, 6) is 0.104. The molecule has 1 aliphatic carbocycles. The lowest BCUT2D eigenvalue weighted by Crippen LogP contribution is -2.43. The first kappa shape index (κ1) is 14.3. The van der Waals surface area contributed by atoms with Gasteiger partial charge in [-0.2, -0.15) is 0 Å². The van der Waals surface area contributed by atoms with Gasteiger partial charge in [-0.1, -0.05) is 12.8 Å². The van der Waals surface area contributed by atoms with Gasteiger partial charge in [0.25, 0.3) is 5.91 Å². The molecule has 2 heterocycles. The second-order valence-electron chi connectivity index (χ2n) is 6.05. The van der Waals surface area contributed by atoms with E-state index in [-0.39, 0.29) is 5.69 Å². The largest absolute Gasteiger partial charge is 0.366 e. The maximum atomic E-state index is 11.1. The Morgan fingerprint density at radius 1 is 1.19 bits per heavy atom. The minimum atomic E-state index is -0.540. The fourth-order valence-electron chi connectivity index (χ4n) is 3.44. The molecule has 0 aromatic carbocycles. The van der Waals surface area contributed by atoms with Crippen molar-refractivity contribution in [2.75, 3.05) is 18.4 Å². The molecule has 0 unspecified atom stereocenters. The normalized spacial score (nSPS) is 21.5. The molecule has 2 fully saturated rings. The van der Waals surface area contributed by atoms with E-state index in [9.17, 15) is 4.79 Å². The number of aromatic nitrogens is 2. The van der Waals surface area contributed by atoms with E-state index in [0.29, 0.717) is 11.9 Å². The minimum absolute atomic E-state index is 0.211. The molecule has 1 aliphatic heterocycles. The number of amides is 1. The molecule has 1 amide bonds. The van der Waals surface area contributed by atoms with Crippen LogP contribution in [0.5, 0.6) is 0 Å².